The maximum atomic E-state index is 12.8. The molecule has 0 unspecified atom stereocenters. The van der Waals surface area contributed by atoms with Crippen LogP contribution in [-0.4, -0.2) is 17.6 Å². The highest BCUT2D eigenvalue weighted by Gasteiger charge is 2.39. The Morgan fingerprint density at radius 2 is 2.07 bits per heavy atom. The van der Waals surface area contributed by atoms with Crippen LogP contribution in [0.15, 0.2) is 69.5 Å². The van der Waals surface area contributed by atoms with E-state index in [1.807, 2.05) is 0 Å². The third-order valence-corrected chi connectivity index (χ3v) is 4.37. The van der Waals surface area contributed by atoms with Gasteiger partial charge in [-0.1, -0.05) is 18.2 Å². The van der Waals surface area contributed by atoms with Gasteiger partial charge in [-0.2, -0.15) is 0 Å². The van der Waals surface area contributed by atoms with Gasteiger partial charge >= 0.3 is 11.6 Å². The molecule has 2 N–H and O–H groups in total. The minimum atomic E-state index is -0.803. The zero-order valence-electron chi connectivity index (χ0n) is 14.5. The van der Waals surface area contributed by atoms with Crippen LogP contribution < -0.4 is 16.1 Å². The minimum Gasteiger partial charge on any atom is -0.462 e. The first-order chi connectivity index (χ1) is 13.1. The second-order valence-electron chi connectivity index (χ2n) is 5.95. The molecule has 7 heteroatoms. The Bertz CT molecular complexity index is 1120. The summed E-state index contributed by atoms with van der Waals surface area (Å²) >= 11 is 0. The number of benzene rings is 1. The van der Waals surface area contributed by atoms with Crippen molar-refractivity contribution in [2.75, 3.05) is 6.61 Å². The number of hydrogen-bond acceptors (Lipinski definition) is 7. The highest BCUT2D eigenvalue weighted by Crippen LogP contribution is 2.43. The first-order valence-electron chi connectivity index (χ1n) is 8.42. The summed E-state index contributed by atoms with van der Waals surface area (Å²) in [6.45, 7) is 1.85. The lowest BCUT2D eigenvalue weighted by molar-refractivity contribution is -0.139. The molecule has 0 saturated carbocycles. The lowest BCUT2D eigenvalue weighted by Crippen LogP contribution is -2.31. The summed E-state index contributed by atoms with van der Waals surface area (Å²) < 4.78 is 16.3. The van der Waals surface area contributed by atoms with Crippen LogP contribution in [0.5, 0.6) is 5.75 Å². The number of para-hydroxylation sites is 1. The Kier molecular flexibility index (Phi) is 4.12. The number of esters is 1. The van der Waals surface area contributed by atoms with E-state index < -0.39 is 17.5 Å². The molecule has 1 aliphatic rings. The summed E-state index contributed by atoms with van der Waals surface area (Å²) in [7, 11) is 0. The van der Waals surface area contributed by atoms with Gasteiger partial charge in [0.15, 0.2) is 5.75 Å². The van der Waals surface area contributed by atoms with Gasteiger partial charge in [-0.3, -0.25) is 4.98 Å². The Balaban J connectivity index is 2.04. The molecule has 1 aliphatic heterocycles. The topological polar surface area (TPSA) is 105 Å². The van der Waals surface area contributed by atoms with Gasteiger partial charge < -0.3 is 19.6 Å². The molecule has 4 rings (SSSR count). The van der Waals surface area contributed by atoms with Gasteiger partial charge in [0.25, 0.3) is 0 Å². The summed E-state index contributed by atoms with van der Waals surface area (Å²) in [4.78, 5) is 29.5. The first-order valence-corrected chi connectivity index (χ1v) is 8.42. The number of hydrogen-bond donors (Lipinski definition) is 1. The van der Waals surface area contributed by atoms with Crippen molar-refractivity contribution < 1.29 is 18.7 Å². The highest BCUT2D eigenvalue weighted by atomic mass is 16.5. The van der Waals surface area contributed by atoms with E-state index in [1.165, 1.54) is 0 Å². The van der Waals surface area contributed by atoms with Crippen molar-refractivity contribution in [3.8, 4) is 5.75 Å². The molecule has 0 radical (unpaired) electrons. The van der Waals surface area contributed by atoms with Crippen LogP contribution in [0.1, 0.15) is 24.0 Å². The van der Waals surface area contributed by atoms with E-state index in [0.29, 0.717) is 16.5 Å². The molecular weight excluding hydrogens is 348 g/mol. The number of rotatable bonds is 3. The molecule has 0 bridgehead atoms. The Hall–Kier alpha value is -3.61. The summed E-state index contributed by atoms with van der Waals surface area (Å²) in [5, 5.41) is 0.590. The summed E-state index contributed by atoms with van der Waals surface area (Å²) in [6, 6.07) is 10.5. The Morgan fingerprint density at radius 3 is 2.81 bits per heavy atom. The number of nitrogens with zero attached hydrogens (tertiary/aromatic N) is 1. The van der Waals surface area contributed by atoms with Crippen molar-refractivity contribution in [1.82, 2.24) is 4.98 Å². The van der Waals surface area contributed by atoms with Crippen molar-refractivity contribution in [2.24, 2.45) is 5.73 Å². The highest BCUT2D eigenvalue weighted by molar-refractivity contribution is 5.94. The first kappa shape index (κ1) is 16.8. The quantitative estimate of drug-likeness (QED) is 0.562. The average Bonchev–Trinajstić information content (AvgIpc) is 2.68. The molecular formula is C20H16N2O5. The van der Waals surface area contributed by atoms with E-state index in [-0.39, 0.29) is 29.4 Å². The normalized spacial score (nSPS) is 16.0. The number of pyridine rings is 1. The molecule has 27 heavy (non-hydrogen) atoms. The molecule has 0 amide bonds. The van der Waals surface area contributed by atoms with E-state index in [4.69, 9.17) is 19.6 Å². The molecule has 0 saturated heterocycles. The van der Waals surface area contributed by atoms with E-state index in [9.17, 15) is 9.59 Å². The molecule has 2 aromatic heterocycles. The van der Waals surface area contributed by atoms with Gasteiger partial charge in [0, 0.05) is 12.4 Å². The number of ether oxygens (including phenoxy) is 2. The van der Waals surface area contributed by atoms with Crippen molar-refractivity contribution in [2.45, 2.75) is 12.8 Å². The van der Waals surface area contributed by atoms with Gasteiger partial charge in [-0.15, -0.1) is 0 Å². The van der Waals surface area contributed by atoms with Crippen LogP contribution in [0.25, 0.3) is 11.0 Å². The second-order valence-corrected chi connectivity index (χ2v) is 5.95. The number of carbonyl (C=O) groups is 1. The molecule has 0 spiro atoms. The molecule has 3 heterocycles. The average molecular weight is 364 g/mol. The van der Waals surface area contributed by atoms with Crippen LogP contribution in [0, 0.1) is 0 Å². The van der Waals surface area contributed by atoms with Crippen LogP contribution in [-0.2, 0) is 9.53 Å². The predicted octanol–water partition coefficient (Wildman–Crippen LogP) is 2.45. The SMILES string of the molecule is CCOC(=O)C1=C(N)Oc2c(c(=O)oc3ccccc23)[C@@H]1c1cccnc1. The lowest BCUT2D eigenvalue weighted by Gasteiger charge is -2.27. The van der Waals surface area contributed by atoms with Gasteiger partial charge in [-0.25, -0.2) is 9.59 Å². The third kappa shape index (κ3) is 2.73. The molecule has 1 atom stereocenters. The standard InChI is InChI=1S/C20H16N2O5/c1-2-25-19(23)16-14(11-6-5-9-22-10-11)15-17(27-18(16)21)12-7-3-4-8-13(12)26-20(15)24/h3-10,14H,2,21H2,1H3/t14-/m0/s1. The molecule has 0 aliphatic carbocycles. The molecule has 136 valence electrons. The van der Waals surface area contributed by atoms with E-state index in [1.54, 1.807) is 55.7 Å². The van der Waals surface area contributed by atoms with E-state index in [2.05, 4.69) is 4.98 Å². The number of nitrogens with two attached hydrogens (primary N) is 1. The zero-order valence-corrected chi connectivity index (χ0v) is 14.5. The van der Waals surface area contributed by atoms with Crippen LogP contribution in [0.4, 0.5) is 0 Å². The molecule has 3 aromatic rings. The monoisotopic (exact) mass is 364 g/mol. The van der Waals surface area contributed by atoms with Crippen molar-refractivity contribution in [1.29, 1.82) is 0 Å². The largest absolute Gasteiger partial charge is 0.462 e. The Morgan fingerprint density at radius 1 is 1.26 bits per heavy atom. The summed E-state index contributed by atoms with van der Waals surface area (Å²) in [5.74, 6) is -1.28. The smallest absolute Gasteiger partial charge is 0.344 e. The van der Waals surface area contributed by atoms with Crippen molar-refractivity contribution >= 4 is 16.9 Å². The van der Waals surface area contributed by atoms with E-state index in [0.717, 1.165) is 0 Å². The minimum absolute atomic E-state index is 0.0555. The number of fused-ring (bicyclic) bond motifs is 3. The van der Waals surface area contributed by atoms with E-state index >= 15 is 0 Å². The van der Waals surface area contributed by atoms with Crippen molar-refractivity contribution in [3.63, 3.8) is 0 Å². The summed E-state index contributed by atoms with van der Waals surface area (Å²) in [6.07, 6.45) is 3.17. The number of carbonyl (C=O) groups excluding carboxylic acids is 1. The van der Waals surface area contributed by atoms with Gasteiger partial charge in [0.05, 0.1) is 23.5 Å². The second kappa shape index (κ2) is 6.60. The Labute approximate surface area is 154 Å². The maximum absolute atomic E-state index is 12.8. The van der Waals surface area contributed by atoms with Gasteiger partial charge in [-0.05, 0) is 30.7 Å². The third-order valence-electron chi connectivity index (χ3n) is 4.37. The predicted molar refractivity (Wildman–Crippen MR) is 97.0 cm³/mol. The molecule has 0 fully saturated rings. The van der Waals surface area contributed by atoms with Crippen LogP contribution >= 0.6 is 0 Å². The van der Waals surface area contributed by atoms with Gasteiger partial charge in [0.2, 0.25) is 5.88 Å². The fourth-order valence-electron chi connectivity index (χ4n) is 3.25. The fraction of sp³-hybridized carbons (Fsp3) is 0.150. The van der Waals surface area contributed by atoms with Crippen LogP contribution in [0.2, 0.25) is 0 Å². The fourth-order valence-corrected chi connectivity index (χ4v) is 3.25. The van der Waals surface area contributed by atoms with Crippen molar-refractivity contribution in [3.05, 3.63) is 81.8 Å². The molecule has 1 aromatic carbocycles. The number of aromatic nitrogens is 1. The maximum Gasteiger partial charge on any atom is 0.344 e. The molecule has 7 nitrogen and oxygen atoms in total. The summed E-state index contributed by atoms with van der Waals surface area (Å²) in [5.41, 5.74) is 6.72. The van der Waals surface area contributed by atoms with Gasteiger partial charge in [0.1, 0.15) is 11.2 Å². The zero-order chi connectivity index (χ0) is 19.0. The van der Waals surface area contributed by atoms with Crippen LogP contribution in [0.3, 0.4) is 0 Å². The lowest BCUT2D eigenvalue weighted by atomic mass is 9.84.